The molecule has 0 saturated carbocycles. The van der Waals surface area contributed by atoms with Crippen LogP contribution in [0.15, 0.2) is 48.5 Å². The number of benzene rings is 2. The highest BCUT2D eigenvalue weighted by Gasteiger charge is 2.14. The monoisotopic (exact) mass is 325 g/mol. The number of aliphatic hydroxyl groups excluding tert-OH is 1. The lowest BCUT2D eigenvalue weighted by atomic mass is 10.2. The van der Waals surface area contributed by atoms with E-state index in [4.69, 9.17) is 10.1 Å². The predicted octanol–water partition coefficient (Wildman–Crippen LogP) is 2.69. The number of nitrogens with one attached hydrogen (secondary N) is 1. The third-order valence-corrected chi connectivity index (χ3v) is 4.21. The van der Waals surface area contributed by atoms with Gasteiger partial charge in [-0.1, -0.05) is 30.3 Å². The van der Waals surface area contributed by atoms with Crippen LogP contribution in [0.1, 0.15) is 12.5 Å². The smallest absolute Gasteiger partial charge is 0.203 e. The van der Waals surface area contributed by atoms with Gasteiger partial charge in [0.1, 0.15) is 18.5 Å². The zero-order valence-electron chi connectivity index (χ0n) is 14.1. The summed E-state index contributed by atoms with van der Waals surface area (Å²) in [6.07, 6.45) is -0.685. The molecule has 0 amide bonds. The lowest BCUT2D eigenvalue weighted by Gasteiger charge is -2.15. The first kappa shape index (κ1) is 16.3. The second-order valence-corrected chi connectivity index (χ2v) is 5.90. The number of rotatable bonds is 6. The molecule has 1 aromatic heterocycles. The van der Waals surface area contributed by atoms with Crippen LogP contribution in [-0.2, 0) is 13.1 Å². The van der Waals surface area contributed by atoms with Crippen molar-refractivity contribution in [3.8, 4) is 5.75 Å². The van der Waals surface area contributed by atoms with Gasteiger partial charge in [-0.2, -0.15) is 0 Å². The quantitative estimate of drug-likeness (QED) is 0.732. The van der Waals surface area contributed by atoms with Crippen LogP contribution in [0.25, 0.3) is 11.0 Å². The Bertz CT molecular complexity index is 895. The first-order valence-corrected chi connectivity index (χ1v) is 8.21. The third kappa shape index (κ3) is 3.08. The van der Waals surface area contributed by atoms with E-state index in [0.717, 1.165) is 28.9 Å². The molecule has 2 aromatic carbocycles. The van der Waals surface area contributed by atoms with Crippen molar-refractivity contribution in [1.29, 1.82) is 5.41 Å². The van der Waals surface area contributed by atoms with Crippen LogP contribution in [0.2, 0.25) is 0 Å². The Kier molecular flexibility index (Phi) is 4.71. The molecule has 0 spiro atoms. The van der Waals surface area contributed by atoms with Crippen molar-refractivity contribution >= 4 is 11.0 Å². The zero-order valence-corrected chi connectivity index (χ0v) is 14.1. The fraction of sp³-hybridized carbons (Fsp3) is 0.316. The first-order valence-electron chi connectivity index (χ1n) is 8.21. The van der Waals surface area contributed by atoms with Gasteiger partial charge in [-0.05, 0) is 37.6 Å². The summed E-state index contributed by atoms with van der Waals surface area (Å²) in [5.41, 5.74) is 3.41. The van der Waals surface area contributed by atoms with Crippen LogP contribution in [0.4, 0.5) is 0 Å². The minimum atomic E-state index is -0.685. The number of fused-ring (bicyclic) bond motifs is 1. The molecule has 0 aliphatic heterocycles. The molecule has 0 unspecified atom stereocenters. The van der Waals surface area contributed by atoms with Gasteiger partial charge in [0, 0.05) is 6.54 Å². The van der Waals surface area contributed by atoms with Gasteiger partial charge in [0.05, 0.1) is 17.6 Å². The van der Waals surface area contributed by atoms with Gasteiger partial charge in [0.25, 0.3) is 0 Å². The molecular weight excluding hydrogens is 302 g/mol. The van der Waals surface area contributed by atoms with E-state index in [1.807, 2.05) is 71.5 Å². The third-order valence-electron chi connectivity index (χ3n) is 4.21. The molecule has 0 aliphatic carbocycles. The van der Waals surface area contributed by atoms with E-state index in [1.165, 1.54) is 0 Å². The van der Waals surface area contributed by atoms with E-state index < -0.39 is 6.10 Å². The van der Waals surface area contributed by atoms with Gasteiger partial charge in [0.2, 0.25) is 5.62 Å². The van der Waals surface area contributed by atoms with Crippen LogP contribution in [0.5, 0.6) is 5.75 Å². The summed E-state index contributed by atoms with van der Waals surface area (Å²) in [5.74, 6) is 0.781. The van der Waals surface area contributed by atoms with E-state index in [1.54, 1.807) is 0 Å². The van der Waals surface area contributed by atoms with E-state index in [2.05, 4.69) is 0 Å². The molecule has 5 nitrogen and oxygen atoms in total. The Labute approximate surface area is 141 Å². The van der Waals surface area contributed by atoms with Crippen molar-refractivity contribution in [2.45, 2.75) is 33.0 Å². The first-order chi connectivity index (χ1) is 11.6. The van der Waals surface area contributed by atoms with Crippen LogP contribution in [0, 0.1) is 12.3 Å². The number of aromatic nitrogens is 2. The maximum atomic E-state index is 10.4. The fourth-order valence-corrected chi connectivity index (χ4v) is 2.97. The molecule has 0 radical (unpaired) electrons. The Morgan fingerprint density at radius 3 is 2.33 bits per heavy atom. The fourth-order valence-electron chi connectivity index (χ4n) is 2.97. The largest absolute Gasteiger partial charge is 0.491 e. The molecule has 1 heterocycles. The summed E-state index contributed by atoms with van der Waals surface area (Å²) in [4.78, 5) is 0. The normalized spacial score (nSPS) is 12.5. The number of para-hydroxylation sites is 3. The second-order valence-electron chi connectivity index (χ2n) is 5.90. The lowest BCUT2D eigenvalue weighted by Crippen LogP contribution is -2.31. The molecule has 24 heavy (non-hydrogen) atoms. The van der Waals surface area contributed by atoms with Crippen LogP contribution in [0.3, 0.4) is 0 Å². The average Bonchev–Trinajstić information content (AvgIpc) is 2.86. The highest BCUT2D eigenvalue weighted by molar-refractivity contribution is 5.75. The van der Waals surface area contributed by atoms with Crippen molar-refractivity contribution in [2.24, 2.45) is 0 Å². The maximum absolute atomic E-state index is 10.4. The molecule has 0 saturated heterocycles. The molecule has 2 N–H and O–H groups in total. The molecule has 3 rings (SSSR count). The Morgan fingerprint density at radius 2 is 1.67 bits per heavy atom. The standard InChI is InChI=1S/C19H23N3O2/c1-3-21-16-9-5-6-10-17(16)22(19(21)20)12-15(23)13-24-18-11-7-4-8-14(18)2/h4-11,15,20,23H,3,12-13H2,1-2H3/t15-/m1/s1. The highest BCUT2D eigenvalue weighted by atomic mass is 16.5. The number of aliphatic hydroxyl groups is 1. The van der Waals surface area contributed by atoms with Crippen LogP contribution < -0.4 is 10.4 Å². The molecule has 3 aromatic rings. The Morgan fingerprint density at radius 1 is 1.04 bits per heavy atom. The molecule has 0 aliphatic rings. The van der Waals surface area contributed by atoms with Gasteiger partial charge in [0.15, 0.2) is 0 Å². The van der Waals surface area contributed by atoms with Gasteiger partial charge >= 0.3 is 0 Å². The van der Waals surface area contributed by atoms with E-state index in [9.17, 15) is 5.11 Å². The minimum absolute atomic E-state index is 0.197. The van der Waals surface area contributed by atoms with Gasteiger partial charge in [-0.3, -0.25) is 5.41 Å². The summed E-state index contributed by atoms with van der Waals surface area (Å²) in [7, 11) is 0. The predicted molar refractivity (Wildman–Crippen MR) is 94.1 cm³/mol. The van der Waals surface area contributed by atoms with Gasteiger partial charge < -0.3 is 19.0 Å². The summed E-state index contributed by atoms with van der Waals surface area (Å²) in [6.45, 7) is 5.25. The summed E-state index contributed by atoms with van der Waals surface area (Å²) in [6, 6.07) is 15.7. The molecule has 0 fully saturated rings. The van der Waals surface area contributed by atoms with Crippen molar-refractivity contribution in [2.75, 3.05) is 6.61 Å². The molecule has 0 bridgehead atoms. The summed E-state index contributed by atoms with van der Waals surface area (Å²) >= 11 is 0. The highest BCUT2D eigenvalue weighted by Crippen LogP contribution is 2.17. The molecule has 1 atom stereocenters. The SMILES string of the molecule is CCn1c(=N)n(C[C@@H](O)COc2ccccc2C)c2ccccc21. The molecular formula is C19H23N3O2. The number of nitrogens with zero attached hydrogens (tertiary/aromatic N) is 2. The number of aryl methyl sites for hydroxylation is 2. The number of ether oxygens (including phenoxy) is 1. The number of imidazole rings is 1. The number of hydrogen-bond acceptors (Lipinski definition) is 3. The minimum Gasteiger partial charge on any atom is -0.491 e. The van der Waals surface area contributed by atoms with Crippen molar-refractivity contribution < 1.29 is 9.84 Å². The zero-order chi connectivity index (χ0) is 17.1. The maximum Gasteiger partial charge on any atom is 0.203 e. The average molecular weight is 325 g/mol. The summed E-state index contributed by atoms with van der Waals surface area (Å²) in [5, 5.41) is 18.8. The van der Waals surface area contributed by atoms with Crippen molar-refractivity contribution in [3.05, 3.63) is 59.7 Å². The van der Waals surface area contributed by atoms with Crippen LogP contribution >= 0.6 is 0 Å². The topological polar surface area (TPSA) is 63.2 Å². The second kappa shape index (κ2) is 6.93. The van der Waals surface area contributed by atoms with Crippen LogP contribution in [-0.4, -0.2) is 27.0 Å². The molecule has 5 heteroatoms. The Balaban J connectivity index is 1.79. The van der Waals surface area contributed by atoms with E-state index >= 15 is 0 Å². The number of hydrogen-bond donors (Lipinski definition) is 2. The van der Waals surface area contributed by atoms with Crippen molar-refractivity contribution in [1.82, 2.24) is 9.13 Å². The van der Waals surface area contributed by atoms with E-state index in [-0.39, 0.29) is 6.61 Å². The lowest BCUT2D eigenvalue weighted by molar-refractivity contribution is 0.0918. The van der Waals surface area contributed by atoms with E-state index in [0.29, 0.717) is 12.2 Å². The Hall–Kier alpha value is -2.53. The van der Waals surface area contributed by atoms with Crippen molar-refractivity contribution in [3.63, 3.8) is 0 Å². The molecule has 126 valence electrons. The van der Waals surface area contributed by atoms with Gasteiger partial charge in [-0.15, -0.1) is 0 Å². The van der Waals surface area contributed by atoms with Gasteiger partial charge in [-0.25, -0.2) is 0 Å². The summed E-state index contributed by atoms with van der Waals surface area (Å²) < 4.78 is 9.50.